The van der Waals surface area contributed by atoms with Gasteiger partial charge in [0, 0.05) is 4.47 Å². The summed E-state index contributed by atoms with van der Waals surface area (Å²) in [5, 5.41) is 0.128. The Labute approximate surface area is 131 Å². The molecule has 0 aliphatic heterocycles. The highest BCUT2D eigenvalue weighted by Gasteiger charge is 2.32. The smallest absolute Gasteiger partial charge is 0.242 e. The van der Waals surface area contributed by atoms with Crippen LogP contribution in [0.15, 0.2) is 27.6 Å². The second kappa shape index (κ2) is 6.05. The van der Waals surface area contributed by atoms with Crippen molar-refractivity contribution in [1.29, 1.82) is 0 Å². The maximum atomic E-state index is 12.3. The summed E-state index contributed by atoms with van der Waals surface area (Å²) in [7, 11) is -3.79. The Morgan fingerprint density at radius 1 is 1.58 bits per heavy atom. The third-order valence-electron chi connectivity index (χ3n) is 2.79. The number of benzene rings is 1. The molecular weight excluding hydrogens is 372 g/mol. The Bertz CT molecular complexity index is 607. The molecule has 1 aromatic carbocycles. The number of nitrogens with one attached hydrogen (secondary N) is 1. The highest BCUT2D eigenvalue weighted by Crippen LogP contribution is 2.26. The minimum absolute atomic E-state index is 0.00621. The van der Waals surface area contributed by atoms with E-state index in [1.54, 1.807) is 19.9 Å². The molecule has 0 radical (unpaired) electrons. The van der Waals surface area contributed by atoms with Gasteiger partial charge >= 0.3 is 0 Å². The molecule has 1 aromatic rings. The molecule has 0 aliphatic carbocycles. The lowest BCUT2D eigenvalue weighted by atomic mass is 10.0. The van der Waals surface area contributed by atoms with Gasteiger partial charge < -0.3 is 5.73 Å². The molecule has 0 saturated carbocycles. The molecule has 0 aromatic heterocycles. The first-order chi connectivity index (χ1) is 8.62. The Balaban J connectivity index is 3.22. The van der Waals surface area contributed by atoms with Crippen LogP contribution < -0.4 is 10.5 Å². The fourth-order valence-corrected chi connectivity index (χ4v) is 4.10. The summed E-state index contributed by atoms with van der Waals surface area (Å²) in [6.07, 6.45) is 0.440. The Kier molecular flexibility index (Phi) is 5.36. The zero-order valence-electron chi connectivity index (χ0n) is 10.4. The molecule has 0 bridgehead atoms. The minimum Gasteiger partial charge on any atom is -0.392 e. The van der Waals surface area contributed by atoms with E-state index in [4.69, 9.17) is 29.6 Å². The number of hydrogen-bond donors (Lipinski definition) is 2. The van der Waals surface area contributed by atoms with E-state index in [1.807, 2.05) is 0 Å². The van der Waals surface area contributed by atoms with E-state index < -0.39 is 15.6 Å². The molecule has 1 unspecified atom stereocenters. The van der Waals surface area contributed by atoms with Crippen LogP contribution in [0.3, 0.4) is 0 Å². The van der Waals surface area contributed by atoms with Crippen LogP contribution in [0.25, 0.3) is 0 Å². The monoisotopic (exact) mass is 384 g/mol. The SMILES string of the molecule is CCC(C)(NS(=O)(=O)c1ccc(Br)cc1Cl)C(N)=S. The fraction of sp³-hybridized carbons (Fsp3) is 0.364. The Hall–Kier alpha value is -0.210. The molecule has 19 heavy (non-hydrogen) atoms. The summed E-state index contributed by atoms with van der Waals surface area (Å²) in [6, 6.07) is 4.54. The van der Waals surface area contributed by atoms with E-state index in [9.17, 15) is 8.42 Å². The van der Waals surface area contributed by atoms with Gasteiger partial charge in [0.25, 0.3) is 0 Å². The van der Waals surface area contributed by atoms with Gasteiger partial charge in [-0.15, -0.1) is 0 Å². The number of halogens is 2. The van der Waals surface area contributed by atoms with Crippen molar-refractivity contribution in [1.82, 2.24) is 4.72 Å². The summed E-state index contributed by atoms with van der Waals surface area (Å²) in [4.78, 5) is 0.0834. The van der Waals surface area contributed by atoms with Crippen molar-refractivity contribution < 1.29 is 8.42 Å². The molecule has 8 heteroatoms. The molecule has 106 valence electrons. The zero-order chi connectivity index (χ0) is 14.8. The second-order valence-electron chi connectivity index (χ2n) is 4.23. The van der Waals surface area contributed by atoms with Crippen LogP contribution in [-0.4, -0.2) is 18.9 Å². The first-order valence-electron chi connectivity index (χ1n) is 5.41. The van der Waals surface area contributed by atoms with E-state index in [-0.39, 0.29) is 14.9 Å². The zero-order valence-corrected chi connectivity index (χ0v) is 14.4. The predicted molar refractivity (Wildman–Crippen MR) is 85.0 cm³/mol. The first kappa shape index (κ1) is 16.8. The van der Waals surface area contributed by atoms with Gasteiger partial charge in [0.15, 0.2) is 0 Å². The number of sulfonamides is 1. The van der Waals surface area contributed by atoms with Crippen LogP contribution in [0.1, 0.15) is 20.3 Å². The van der Waals surface area contributed by atoms with E-state index in [2.05, 4.69) is 20.7 Å². The normalized spacial score (nSPS) is 14.9. The molecule has 0 amide bonds. The standard InChI is InChI=1S/C11H14BrClN2O2S2/c1-3-11(2,10(14)18)15-19(16,17)9-5-4-7(12)6-8(9)13/h4-6,15H,3H2,1-2H3,(H2,14,18). The van der Waals surface area contributed by atoms with Crippen molar-refractivity contribution >= 4 is 54.8 Å². The van der Waals surface area contributed by atoms with Crippen molar-refractivity contribution in [2.45, 2.75) is 30.7 Å². The highest BCUT2D eigenvalue weighted by atomic mass is 79.9. The molecule has 0 heterocycles. The number of nitrogens with two attached hydrogens (primary N) is 1. The third-order valence-corrected chi connectivity index (χ3v) is 5.82. The molecule has 1 rings (SSSR count). The van der Waals surface area contributed by atoms with Gasteiger partial charge in [0.1, 0.15) is 4.90 Å². The van der Waals surface area contributed by atoms with Crippen LogP contribution in [0.5, 0.6) is 0 Å². The van der Waals surface area contributed by atoms with E-state index >= 15 is 0 Å². The van der Waals surface area contributed by atoms with Gasteiger partial charge in [-0.1, -0.05) is 46.7 Å². The topological polar surface area (TPSA) is 72.2 Å². The lowest BCUT2D eigenvalue weighted by Gasteiger charge is -2.28. The van der Waals surface area contributed by atoms with Crippen molar-refractivity contribution in [3.63, 3.8) is 0 Å². The summed E-state index contributed by atoms with van der Waals surface area (Å²) < 4.78 is 27.8. The van der Waals surface area contributed by atoms with Crippen molar-refractivity contribution in [2.75, 3.05) is 0 Å². The van der Waals surface area contributed by atoms with Crippen LogP contribution >= 0.6 is 39.7 Å². The molecule has 4 nitrogen and oxygen atoms in total. The van der Waals surface area contributed by atoms with Crippen molar-refractivity contribution in [3.8, 4) is 0 Å². The van der Waals surface area contributed by atoms with Crippen molar-refractivity contribution in [3.05, 3.63) is 27.7 Å². The quantitative estimate of drug-likeness (QED) is 0.765. The van der Waals surface area contributed by atoms with Gasteiger partial charge in [-0.3, -0.25) is 0 Å². The summed E-state index contributed by atoms with van der Waals surface area (Å²) >= 11 is 14.1. The molecular formula is C11H14BrClN2O2S2. The number of hydrogen-bond acceptors (Lipinski definition) is 3. The Morgan fingerprint density at radius 3 is 2.58 bits per heavy atom. The van der Waals surface area contributed by atoms with Crippen LogP contribution in [-0.2, 0) is 10.0 Å². The minimum atomic E-state index is -3.79. The molecule has 0 spiro atoms. The fourth-order valence-electron chi connectivity index (χ4n) is 1.34. The van der Waals surface area contributed by atoms with Gasteiger partial charge in [0.2, 0.25) is 10.0 Å². The molecule has 0 aliphatic rings. The van der Waals surface area contributed by atoms with Crippen LogP contribution in [0.4, 0.5) is 0 Å². The van der Waals surface area contributed by atoms with Crippen LogP contribution in [0, 0.1) is 0 Å². The van der Waals surface area contributed by atoms with Gasteiger partial charge in [0.05, 0.1) is 15.6 Å². The largest absolute Gasteiger partial charge is 0.392 e. The molecule has 0 fully saturated rings. The van der Waals surface area contributed by atoms with E-state index in [0.717, 1.165) is 0 Å². The van der Waals surface area contributed by atoms with Gasteiger partial charge in [-0.2, -0.15) is 4.72 Å². The molecule has 1 atom stereocenters. The lowest BCUT2D eigenvalue weighted by molar-refractivity contribution is 0.511. The predicted octanol–water partition coefficient (Wildman–Crippen LogP) is 2.84. The van der Waals surface area contributed by atoms with Gasteiger partial charge in [-0.05, 0) is 31.5 Å². The molecule has 3 N–H and O–H groups in total. The van der Waals surface area contributed by atoms with E-state index in [0.29, 0.717) is 10.9 Å². The number of rotatable bonds is 5. The second-order valence-corrected chi connectivity index (χ2v) is 7.64. The summed E-state index contributed by atoms with van der Waals surface area (Å²) in [5.41, 5.74) is 4.61. The van der Waals surface area contributed by atoms with Crippen molar-refractivity contribution in [2.24, 2.45) is 5.73 Å². The number of thiocarbonyl (C=S) groups is 1. The first-order valence-corrected chi connectivity index (χ1v) is 8.47. The third kappa shape index (κ3) is 3.88. The lowest BCUT2D eigenvalue weighted by Crippen LogP contribution is -2.53. The summed E-state index contributed by atoms with van der Waals surface area (Å²) in [6.45, 7) is 3.44. The maximum Gasteiger partial charge on any atom is 0.242 e. The highest BCUT2D eigenvalue weighted by molar-refractivity contribution is 9.10. The average molecular weight is 386 g/mol. The van der Waals surface area contributed by atoms with E-state index in [1.165, 1.54) is 12.1 Å². The average Bonchev–Trinajstić information content (AvgIpc) is 2.27. The Morgan fingerprint density at radius 2 is 2.16 bits per heavy atom. The van der Waals surface area contributed by atoms with Crippen LogP contribution in [0.2, 0.25) is 5.02 Å². The summed E-state index contributed by atoms with van der Waals surface area (Å²) in [5.74, 6) is 0. The van der Waals surface area contributed by atoms with Gasteiger partial charge in [-0.25, -0.2) is 8.42 Å². The molecule has 0 saturated heterocycles. The maximum absolute atomic E-state index is 12.3.